The van der Waals surface area contributed by atoms with E-state index in [1.165, 1.54) is 29.3 Å². The quantitative estimate of drug-likeness (QED) is 0.524. The summed E-state index contributed by atoms with van der Waals surface area (Å²) >= 11 is 1.87. The summed E-state index contributed by atoms with van der Waals surface area (Å²) in [6.07, 6.45) is 4.69. The maximum absolute atomic E-state index is 4.38. The molecular weight excluding hydrogens is 142 g/mol. The molecule has 56 valence electrons. The second-order valence-corrected chi connectivity index (χ2v) is 3.75. The molecule has 1 rings (SSSR count). The monoisotopic (exact) mass is 155 g/mol. The van der Waals surface area contributed by atoms with E-state index in [2.05, 4.69) is 24.9 Å². The van der Waals surface area contributed by atoms with Crippen molar-refractivity contribution >= 4 is 16.8 Å². The Morgan fingerprint density at radius 2 is 2.30 bits per heavy atom. The fraction of sp³-hybridized carbons (Fsp3) is 0.625. The zero-order valence-electron chi connectivity index (χ0n) is 6.55. The Labute approximate surface area is 66.6 Å². The van der Waals surface area contributed by atoms with Gasteiger partial charge in [0.15, 0.2) is 0 Å². The van der Waals surface area contributed by atoms with Crippen molar-refractivity contribution in [3.8, 4) is 0 Å². The van der Waals surface area contributed by atoms with Crippen molar-refractivity contribution in [3.63, 3.8) is 0 Å². The second-order valence-electron chi connectivity index (χ2n) is 2.47. The first-order valence-corrected chi connectivity index (χ1v) is 4.62. The second kappa shape index (κ2) is 3.81. The van der Waals surface area contributed by atoms with Crippen LogP contribution in [-0.2, 0) is 0 Å². The largest absolute Gasteiger partial charge is 0.252 e. The highest BCUT2D eigenvalue weighted by Gasteiger charge is 1.96. The summed E-state index contributed by atoms with van der Waals surface area (Å²) in [6, 6.07) is 0. The Balaban J connectivity index is 2.63. The minimum absolute atomic E-state index is 1.17. The third kappa shape index (κ3) is 2.56. The molecule has 0 saturated heterocycles. The molecule has 0 aliphatic carbocycles. The van der Waals surface area contributed by atoms with E-state index >= 15 is 0 Å². The summed E-state index contributed by atoms with van der Waals surface area (Å²) in [5.74, 6) is 1.22. The summed E-state index contributed by atoms with van der Waals surface area (Å²) in [7, 11) is 0. The highest BCUT2D eigenvalue weighted by Crippen LogP contribution is 2.14. The molecule has 0 spiro atoms. The minimum Gasteiger partial charge on any atom is -0.252 e. The van der Waals surface area contributed by atoms with Crippen molar-refractivity contribution in [1.29, 1.82) is 0 Å². The first-order chi connectivity index (χ1) is 4.79. The van der Waals surface area contributed by atoms with Crippen LogP contribution in [0.25, 0.3) is 0 Å². The summed E-state index contributed by atoms with van der Waals surface area (Å²) in [6.45, 7) is 4.14. The fourth-order valence-corrected chi connectivity index (χ4v) is 1.76. The van der Waals surface area contributed by atoms with Gasteiger partial charge in [0, 0.05) is 5.70 Å². The lowest BCUT2D eigenvalue weighted by Gasteiger charge is -2.03. The number of aliphatic imine (C=N–C) groups is 1. The van der Waals surface area contributed by atoms with Gasteiger partial charge < -0.3 is 0 Å². The van der Waals surface area contributed by atoms with Crippen molar-refractivity contribution in [2.24, 2.45) is 4.99 Å². The maximum Gasteiger partial charge on any atom is 0.0703 e. The van der Waals surface area contributed by atoms with Crippen molar-refractivity contribution in [2.45, 2.75) is 26.7 Å². The molecule has 0 amide bonds. The van der Waals surface area contributed by atoms with Gasteiger partial charge >= 0.3 is 0 Å². The smallest absolute Gasteiger partial charge is 0.0703 e. The molecule has 1 nitrogen and oxygen atoms in total. The lowest BCUT2D eigenvalue weighted by molar-refractivity contribution is 0.956. The van der Waals surface area contributed by atoms with Crippen LogP contribution in [0.4, 0.5) is 0 Å². The van der Waals surface area contributed by atoms with E-state index < -0.39 is 0 Å². The van der Waals surface area contributed by atoms with E-state index in [4.69, 9.17) is 0 Å². The number of nitrogens with zero attached hydrogens (tertiary/aromatic N) is 1. The van der Waals surface area contributed by atoms with E-state index in [-0.39, 0.29) is 0 Å². The molecule has 0 aromatic rings. The van der Waals surface area contributed by atoms with E-state index in [1.807, 2.05) is 11.8 Å². The number of thioether (sulfide) groups is 1. The minimum atomic E-state index is 1.17. The molecule has 0 bridgehead atoms. The van der Waals surface area contributed by atoms with E-state index in [9.17, 15) is 0 Å². The Bertz CT molecular complexity index is 170. The molecule has 0 aromatic carbocycles. The highest BCUT2D eigenvalue weighted by molar-refractivity contribution is 8.13. The molecule has 0 saturated carbocycles. The van der Waals surface area contributed by atoms with Gasteiger partial charge in [-0.25, -0.2) is 0 Å². The lowest BCUT2D eigenvalue weighted by Crippen LogP contribution is -1.91. The van der Waals surface area contributed by atoms with Crippen LogP contribution in [0, 0.1) is 0 Å². The molecule has 0 atom stereocenters. The normalized spacial score (nSPS) is 25.8. The summed E-state index contributed by atoms with van der Waals surface area (Å²) in [5, 5.41) is 1.20. The van der Waals surface area contributed by atoms with Crippen LogP contribution in [0.3, 0.4) is 0 Å². The van der Waals surface area contributed by atoms with Crippen molar-refractivity contribution in [2.75, 3.05) is 5.75 Å². The summed E-state index contributed by atoms with van der Waals surface area (Å²) in [4.78, 5) is 4.38. The summed E-state index contributed by atoms with van der Waals surface area (Å²) < 4.78 is 0. The standard InChI is InChI=1S/C8H13NS/c1-7-5-3-4-6-10-8(2)9-7/h5H,3-4,6H2,1-2H3/b7-5+,9-8?. The molecular formula is C8H13NS. The van der Waals surface area contributed by atoms with Gasteiger partial charge in [-0.1, -0.05) is 6.08 Å². The lowest BCUT2D eigenvalue weighted by atomic mass is 10.3. The maximum atomic E-state index is 4.38. The number of rotatable bonds is 0. The van der Waals surface area contributed by atoms with Crippen LogP contribution >= 0.6 is 11.8 Å². The van der Waals surface area contributed by atoms with E-state index in [1.54, 1.807) is 0 Å². The molecule has 0 unspecified atom stereocenters. The zero-order valence-corrected chi connectivity index (χ0v) is 7.37. The van der Waals surface area contributed by atoms with Crippen LogP contribution in [0.15, 0.2) is 16.8 Å². The highest BCUT2D eigenvalue weighted by atomic mass is 32.2. The molecule has 10 heavy (non-hydrogen) atoms. The predicted octanol–water partition coefficient (Wildman–Crippen LogP) is 2.84. The van der Waals surface area contributed by atoms with Crippen molar-refractivity contribution in [1.82, 2.24) is 0 Å². The third-order valence-corrected chi connectivity index (χ3v) is 2.43. The Morgan fingerprint density at radius 1 is 1.50 bits per heavy atom. The van der Waals surface area contributed by atoms with E-state index in [0.717, 1.165) is 0 Å². The van der Waals surface area contributed by atoms with Crippen LogP contribution in [-0.4, -0.2) is 10.8 Å². The van der Waals surface area contributed by atoms with Crippen LogP contribution < -0.4 is 0 Å². The first-order valence-electron chi connectivity index (χ1n) is 3.64. The van der Waals surface area contributed by atoms with E-state index in [0.29, 0.717) is 0 Å². The molecule has 0 fully saturated rings. The van der Waals surface area contributed by atoms with Crippen LogP contribution in [0.2, 0.25) is 0 Å². The molecule has 1 aliphatic rings. The van der Waals surface area contributed by atoms with Crippen molar-refractivity contribution < 1.29 is 0 Å². The number of hydrogen-bond acceptors (Lipinski definition) is 2. The van der Waals surface area contributed by atoms with Gasteiger partial charge in [0.05, 0.1) is 5.04 Å². The first kappa shape index (κ1) is 7.86. The third-order valence-electron chi connectivity index (χ3n) is 1.43. The molecule has 1 aliphatic heterocycles. The molecule has 0 radical (unpaired) electrons. The molecule has 1 heterocycles. The van der Waals surface area contributed by atoms with Gasteiger partial charge in [0.25, 0.3) is 0 Å². The van der Waals surface area contributed by atoms with Gasteiger partial charge in [-0.3, -0.25) is 4.99 Å². The molecule has 0 aromatic heterocycles. The fourth-order valence-electron chi connectivity index (χ4n) is 0.940. The number of allylic oxidation sites excluding steroid dienone is 2. The average Bonchev–Trinajstić information content (AvgIpc) is 1.83. The Hall–Kier alpha value is -0.240. The Kier molecular flexibility index (Phi) is 3.00. The van der Waals surface area contributed by atoms with Gasteiger partial charge in [0.2, 0.25) is 0 Å². The van der Waals surface area contributed by atoms with Crippen molar-refractivity contribution in [3.05, 3.63) is 11.8 Å². The number of hydrogen-bond donors (Lipinski definition) is 0. The summed E-state index contributed by atoms with van der Waals surface area (Å²) in [5.41, 5.74) is 1.17. The van der Waals surface area contributed by atoms with Gasteiger partial charge in [-0.05, 0) is 32.4 Å². The SMILES string of the molecule is CC1=N/C(C)=C/CCCS1. The predicted molar refractivity (Wildman–Crippen MR) is 48.6 cm³/mol. The van der Waals surface area contributed by atoms with Gasteiger partial charge in [-0.15, -0.1) is 11.8 Å². The van der Waals surface area contributed by atoms with Gasteiger partial charge in [0.1, 0.15) is 0 Å². The van der Waals surface area contributed by atoms with Crippen LogP contribution in [0.5, 0.6) is 0 Å². The molecule has 2 heteroatoms. The van der Waals surface area contributed by atoms with Crippen LogP contribution in [0.1, 0.15) is 26.7 Å². The topological polar surface area (TPSA) is 12.4 Å². The Morgan fingerprint density at radius 3 is 3.10 bits per heavy atom. The van der Waals surface area contributed by atoms with Gasteiger partial charge in [-0.2, -0.15) is 0 Å². The average molecular weight is 155 g/mol. The zero-order chi connectivity index (χ0) is 7.40. The molecule has 0 N–H and O–H groups in total.